The third-order valence-electron chi connectivity index (χ3n) is 3.66. The third kappa shape index (κ3) is 4.03. The Bertz CT molecular complexity index is 407. The fourth-order valence-corrected chi connectivity index (χ4v) is 3.02. The van der Waals surface area contributed by atoms with E-state index in [4.69, 9.17) is 0 Å². The van der Waals surface area contributed by atoms with Crippen LogP contribution in [0.2, 0.25) is 0 Å². The number of hydrogen-bond acceptors (Lipinski definition) is 4. The molecule has 1 N–H and O–H groups in total. The molecule has 106 valence electrons. The Labute approximate surface area is 119 Å². The predicted octanol–water partition coefficient (Wildman–Crippen LogP) is 1.39. The van der Waals surface area contributed by atoms with Crippen LogP contribution in [0, 0.1) is 0 Å². The average Bonchev–Trinajstić information content (AvgIpc) is 2.86. The summed E-state index contributed by atoms with van der Waals surface area (Å²) in [6.45, 7) is 7.47. The van der Waals surface area contributed by atoms with E-state index in [2.05, 4.69) is 35.5 Å². The average molecular weight is 281 g/mol. The Morgan fingerprint density at radius 3 is 3.05 bits per heavy atom. The van der Waals surface area contributed by atoms with E-state index in [1.807, 2.05) is 17.3 Å². The second-order valence-electron chi connectivity index (χ2n) is 5.47. The summed E-state index contributed by atoms with van der Waals surface area (Å²) in [6, 6.07) is 2.96. The van der Waals surface area contributed by atoms with Crippen LogP contribution in [0.4, 0.5) is 0 Å². The molecule has 0 radical (unpaired) electrons. The Balaban J connectivity index is 1.85. The molecule has 1 aliphatic rings. The van der Waals surface area contributed by atoms with Gasteiger partial charge in [-0.05, 0) is 36.2 Å². The van der Waals surface area contributed by atoms with Crippen molar-refractivity contribution >= 4 is 17.2 Å². The van der Waals surface area contributed by atoms with Gasteiger partial charge in [-0.25, -0.2) is 0 Å². The van der Waals surface area contributed by atoms with Crippen LogP contribution in [0.25, 0.3) is 0 Å². The van der Waals surface area contributed by atoms with Gasteiger partial charge in [0.1, 0.15) is 0 Å². The molecule has 0 spiro atoms. The Morgan fingerprint density at radius 2 is 2.37 bits per heavy atom. The maximum absolute atomic E-state index is 12.3. The van der Waals surface area contributed by atoms with E-state index in [0.29, 0.717) is 25.2 Å². The van der Waals surface area contributed by atoms with E-state index in [9.17, 15) is 4.79 Å². The zero-order valence-corrected chi connectivity index (χ0v) is 12.7. The minimum Gasteiger partial charge on any atom is -0.340 e. The van der Waals surface area contributed by atoms with Crippen LogP contribution in [0.3, 0.4) is 0 Å². The molecule has 2 heterocycles. The largest absolute Gasteiger partial charge is 0.340 e. The van der Waals surface area contributed by atoms with Crippen molar-refractivity contribution in [1.29, 1.82) is 0 Å². The van der Waals surface area contributed by atoms with Crippen molar-refractivity contribution in [2.45, 2.75) is 32.5 Å². The van der Waals surface area contributed by atoms with Gasteiger partial charge in [0, 0.05) is 38.8 Å². The molecule has 1 aromatic rings. The van der Waals surface area contributed by atoms with Crippen LogP contribution in [-0.2, 0) is 11.3 Å². The first kappa shape index (κ1) is 14.5. The van der Waals surface area contributed by atoms with E-state index in [0.717, 1.165) is 13.1 Å². The SMILES string of the molecule is CC1CN(CC(=O)N(C)Cc2ccsc2)C(C)CN1. The van der Waals surface area contributed by atoms with Gasteiger partial charge in [0.05, 0.1) is 6.54 Å². The standard InChI is InChI=1S/C14H23N3OS/c1-11-7-17(12(2)6-15-11)9-14(18)16(3)8-13-4-5-19-10-13/h4-5,10-12,15H,6-9H2,1-3H3. The summed E-state index contributed by atoms with van der Waals surface area (Å²) in [7, 11) is 1.89. The molecule has 2 atom stereocenters. The number of nitrogens with zero attached hydrogens (tertiary/aromatic N) is 2. The predicted molar refractivity (Wildman–Crippen MR) is 79.3 cm³/mol. The number of rotatable bonds is 4. The number of carbonyl (C=O) groups is 1. The van der Waals surface area contributed by atoms with E-state index in [1.54, 1.807) is 11.3 Å². The Morgan fingerprint density at radius 1 is 1.58 bits per heavy atom. The van der Waals surface area contributed by atoms with E-state index in [1.165, 1.54) is 5.56 Å². The summed E-state index contributed by atoms with van der Waals surface area (Å²) in [4.78, 5) is 16.3. The molecule has 0 aromatic carbocycles. The van der Waals surface area contributed by atoms with Crippen molar-refractivity contribution in [3.63, 3.8) is 0 Å². The van der Waals surface area contributed by atoms with Gasteiger partial charge in [0.15, 0.2) is 0 Å². The second-order valence-corrected chi connectivity index (χ2v) is 6.25. The summed E-state index contributed by atoms with van der Waals surface area (Å²) in [5.41, 5.74) is 1.21. The van der Waals surface area contributed by atoms with Crippen LogP contribution < -0.4 is 5.32 Å². The summed E-state index contributed by atoms with van der Waals surface area (Å²) in [5.74, 6) is 0.201. The van der Waals surface area contributed by atoms with E-state index < -0.39 is 0 Å². The van der Waals surface area contributed by atoms with Crippen molar-refractivity contribution in [2.24, 2.45) is 0 Å². The topological polar surface area (TPSA) is 35.6 Å². The first-order valence-corrected chi connectivity index (χ1v) is 7.73. The number of likely N-dealkylation sites (N-methyl/N-ethyl adjacent to an activating group) is 1. The Kier molecular flexibility index (Phi) is 4.96. The molecule has 1 saturated heterocycles. The van der Waals surface area contributed by atoms with E-state index in [-0.39, 0.29) is 5.91 Å². The van der Waals surface area contributed by atoms with Crippen LogP contribution in [0.15, 0.2) is 16.8 Å². The number of nitrogens with one attached hydrogen (secondary N) is 1. The fourth-order valence-electron chi connectivity index (χ4n) is 2.36. The van der Waals surface area contributed by atoms with Gasteiger partial charge in [-0.15, -0.1) is 0 Å². The number of hydrogen-bond donors (Lipinski definition) is 1. The molecule has 2 unspecified atom stereocenters. The van der Waals surface area contributed by atoms with Crippen molar-refractivity contribution in [1.82, 2.24) is 15.1 Å². The molecule has 1 fully saturated rings. The van der Waals surface area contributed by atoms with Gasteiger partial charge in [-0.1, -0.05) is 0 Å². The van der Waals surface area contributed by atoms with Gasteiger partial charge < -0.3 is 10.2 Å². The highest BCUT2D eigenvalue weighted by Gasteiger charge is 2.25. The summed E-state index contributed by atoms with van der Waals surface area (Å²) in [5, 5.41) is 7.58. The van der Waals surface area contributed by atoms with Crippen LogP contribution in [0.5, 0.6) is 0 Å². The lowest BCUT2D eigenvalue weighted by atomic mass is 10.1. The zero-order valence-electron chi connectivity index (χ0n) is 11.9. The summed E-state index contributed by atoms with van der Waals surface area (Å²) >= 11 is 1.67. The minimum absolute atomic E-state index is 0.201. The van der Waals surface area contributed by atoms with Gasteiger partial charge >= 0.3 is 0 Å². The first-order chi connectivity index (χ1) is 9.06. The molecule has 5 heteroatoms. The Hall–Kier alpha value is -0.910. The number of carbonyl (C=O) groups excluding carboxylic acids is 1. The molecule has 19 heavy (non-hydrogen) atoms. The number of amides is 1. The van der Waals surface area contributed by atoms with Gasteiger partial charge in [-0.3, -0.25) is 9.69 Å². The second kappa shape index (κ2) is 6.50. The first-order valence-electron chi connectivity index (χ1n) is 6.78. The van der Waals surface area contributed by atoms with Crippen molar-refractivity contribution < 1.29 is 4.79 Å². The molecule has 1 aromatic heterocycles. The normalized spacial score (nSPS) is 24.4. The molecular weight excluding hydrogens is 258 g/mol. The molecule has 0 saturated carbocycles. The monoisotopic (exact) mass is 281 g/mol. The molecule has 2 rings (SSSR count). The number of thiophene rings is 1. The lowest BCUT2D eigenvalue weighted by molar-refractivity contribution is -0.132. The molecular formula is C14H23N3OS. The third-order valence-corrected chi connectivity index (χ3v) is 4.39. The van der Waals surface area contributed by atoms with Gasteiger partial charge in [0.2, 0.25) is 5.91 Å². The van der Waals surface area contributed by atoms with Gasteiger partial charge in [-0.2, -0.15) is 11.3 Å². The number of piperazine rings is 1. The molecule has 0 bridgehead atoms. The maximum Gasteiger partial charge on any atom is 0.236 e. The highest BCUT2D eigenvalue weighted by Crippen LogP contribution is 2.10. The quantitative estimate of drug-likeness (QED) is 0.906. The van der Waals surface area contributed by atoms with Crippen molar-refractivity contribution in [3.05, 3.63) is 22.4 Å². The molecule has 1 aliphatic heterocycles. The van der Waals surface area contributed by atoms with Crippen LogP contribution >= 0.6 is 11.3 Å². The zero-order chi connectivity index (χ0) is 13.8. The maximum atomic E-state index is 12.3. The fraction of sp³-hybridized carbons (Fsp3) is 0.643. The van der Waals surface area contributed by atoms with E-state index >= 15 is 0 Å². The van der Waals surface area contributed by atoms with Gasteiger partial charge in [0.25, 0.3) is 0 Å². The summed E-state index contributed by atoms with van der Waals surface area (Å²) < 4.78 is 0. The highest BCUT2D eigenvalue weighted by molar-refractivity contribution is 7.07. The highest BCUT2D eigenvalue weighted by atomic mass is 32.1. The van der Waals surface area contributed by atoms with Crippen molar-refractivity contribution in [3.8, 4) is 0 Å². The lowest BCUT2D eigenvalue weighted by Gasteiger charge is -2.37. The minimum atomic E-state index is 0.201. The smallest absolute Gasteiger partial charge is 0.236 e. The molecule has 4 nitrogen and oxygen atoms in total. The van der Waals surface area contributed by atoms with Crippen LogP contribution in [0.1, 0.15) is 19.4 Å². The lowest BCUT2D eigenvalue weighted by Crippen LogP contribution is -2.56. The van der Waals surface area contributed by atoms with Crippen molar-refractivity contribution in [2.75, 3.05) is 26.7 Å². The summed E-state index contributed by atoms with van der Waals surface area (Å²) in [6.07, 6.45) is 0. The molecule has 1 amide bonds. The molecule has 0 aliphatic carbocycles. The van der Waals surface area contributed by atoms with Crippen LogP contribution in [-0.4, -0.2) is 54.5 Å².